The molecule has 4 rings (SSSR count). The van der Waals surface area contributed by atoms with Crippen LogP contribution in [0, 0.1) is 18.3 Å². The molecule has 0 aliphatic carbocycles. The predicted octanol–water partition coefficient (Wildman–Crippen LogP) is 3.17. The number of nitrogens with one attached hydrogen (secondary N) is 1. The number of Topliss-reactive ketones (excluding diaryl/α,β-unsaturated/α-hetero) is 1. The SMILES string of the molecule is Cc1nc2cc([C@@H]3C[C@@H]4O[C@]4(Cl)CCO[C@@H](C)[C@@H](O)[C@@H](C)C(=O)C(C)(C)[C@@H](O)CC(=O)N3)ccc2o1. The molecule has 0 bridgehead atoms. The number of carbonyl (C=O) groups excluding carboxylic acids is 2. The maximum Gasteiger partial charge on any atom is 0.223 e. The number of aliphatic hydroxyl groups is 2. The summed E-state index contributed by atoms with van der Waals surface area (Å²) in [6, 6.07) is 5.04. The summed E-state index contributed by atoms with van der Waals surface area (Å²) in [7, 11) is 0. The van der Waals surface area contributed by atoms with E-state index in [1.165, 1.54) is 0 Å². The zero-order valence-electron chi connectivity index (χ0n) is 21.3. The Morgan fingerprint density at radius 1 is 1.19 bits per heavy atom. The van der Waals surface area contributed by atoms with Crippen LogP contribution < -0.4 is 5.32 Å². The van der Waals surface area contributed by atoms with Crippen LogP contribution in [0.3, 0.4) is 0 Å². The monoisotopic (exact) mass is 522 g/mol. The predicted molar refractivity (Wildman–Crippen MR) is 132 cm³/mol. The molecule has 1 aromatic heterocycles. The van der Waals surface area contributed by atoms with Crippen LogP contribution in [0.2, 0.25) is 0 Å². The second-order valence-corrected chi connectivity index (χ2v) is 11.3. The van der Waals surface area contributed by atoms with Crippen molar-refractivity contribution in [3.8, 4) is 0 Å². The first-order valence-corrected chi connectivity index (χ1v) is 12.7. The zero-order valence-corrected chi connectivity index (χ0v) is 22.0. The first kappa shape index (κ1) is 27.0. The highest BCUT2D eigenvalue weighted by Crippen LogP contribution is 2.48. The van der Waals surface area contributed by atoms with Gasteiger partial charge in [0.1, 0.15) is 17.4 Å². The molecule has 1 aromatic carbocycles. The summed E-state index contributed by atoms with van der Waals surface area (Å²) in [6.45, 7) is 8.46. The topological polar surface area (TPSA) is 134 Å². The number of amides is 1. The lowest BCUT2D eigenvalue weighted by Gasteiger charge is -2.34. The van der Waals surface area contributed by atoms with E-state index in [2.05, 4.69) is 10.3 Å². The standard InChI is InChI=1S/C26H35ClN2O7/c1-13-23(32)14(2)34-9-8-26(27)21(36-26)11-17(16-6-7-19-18(10-16)28-15(3)35-19)29-22(31)12-20(30)25(4,5)24(13)33/h6-7,10,13-14,17,20-21,23,30,32H,8-9,11-12H2,1-5H3,(H,29,31)/t13-,14+,17+,20+,21+,23+,26-/m1/s1. The lowest BCUT2D eigenvalue weighted by molar-refractivity contribution is -0.146. The number of hydrogen-bond acceptors (Lipinski definition) is 8. The molecule has 2 aromatic rings. The number of aliphatic hydroxyl groups excluding tert-OH is 2. The quantitative estimate of drug-likeness (QED) is 0.384. The minimum absolute atomic E-state index is 0.229. The Bertz CT molecular complexity index is 1130. The van der Waals surface area contributed by atoms with Crippen LogP contribution in [-0.2, 0) is 19.1 Å². The summed E-state index contributed by atoms with van der Waals surface area (Å²) in [4.78, 5) is 30.6. The third-order valence-corrected chi connectivity index (χ3v) is 8.07. The molecule has 2 aliphatic rings. The van der Waals surface area contributed by atoms with E-state index in [1.54, 1.807) is 40.7 Å². The highest BCUT2D eigenvalue weighted by molar-refractivity contribution is 6.25. The largest absolute Gasteiger partial charge is 0.441 e. The van der Waals surface area contributed by atoms with Gasteiger partial charge in [-0.15, -0.1) is 0 Å². The number of halogens is 1. The van der Waals surface area contributed by atoms with Crippen molar-refractivity contribution in [2.75, 3.05) is 6.61 Å². The van der Waals surface area contributed by atoms with Crippen LogP contribution in [0.4, 0.5) is 0 Å². The van der Waals surface area contributed by atoms with Gasteiger partial charge in [-0.2, -0.15) is 0 Å². The molecule has 10 heteroatoms. The van der Waals surface area contributed by atoms with Crippen molar-refractivity contribution in [1.82, 2.24) is 10.3 Å². The van der Waals surface area contributed by atoms with E-state index in [-0.39, 0.29) is 24.9 Å². The molecule has 2 saturated heterocycles. The fraction of sp³-hybridized carbons (Fsp3) is 0.654. The molecule has 9 nitrogen and oxygen atoms in total. The van der Waals surface area contributed by atoms with E-state index in [4.69, 9.17) is 25.5 Å². The maximum absolute atomic E-state index is 13.2. The van der Waals surface area contributed by atoms with Gasteiger partial charge in [0.2, 0.25) is 5.91 Å². The summed E-state index contributed by atoms with van der Waals surface area (Å²) < 4.78 is 17.2. The third-order valence-electron chi connectivity index (χ3n) is 7.55. The summed E-state index contributed by atoms with van der Waals surface area (Å²) in [5.41, 5.74) is 0.850. The first-order chi connectivity index (χ1) is 16.8. The van der Waals surface area contributed by atoms with Crippen LogP contribution in [0.1, 0.15) is 64.5 Å². The lowest BCUT2D eigenvalue weighted by Crippen LogP contribution is -2.47. The Hall–Kier alpha value is -2.04. The number of aryl methyl sites for hydroxylation is 1. The normalized spacial score (nSPS) is 36.3. The molecule has 36 heavy (non-hydrogen) atoms. The molecular weight excluding hydrogens is 488 g/mol. The second kappa shape index (κ2) is 10.0. The summed E-state index contributed by atoms with van der Waals surface area (Å²) in [5, 5.41) is 23.6. The Morgan fingerprint density at radius 3 is 2.64 bits per heavy atom. The minimum atomic E-state index is -1.26. The van der Waals surface area contributed by atoms with Gasteiger partial charge in [0.25, 0.3) is 0 Å². The summed E-state index contributed by atoms with van der Waals surface area (Å²) in [6.07, 6.45) is -2.81. The Labute approximate surface area is 215 Å². The van der Waals surface area contributed by atoms with Crippen molar-refractivity contribution < 1.29 is 33.7 Å². The fourth-order valence-electron chi connectivity index (χ4n) is 4.89. The molecule has 0 unspecified atom stereocenters. The van der Waals surface area contributed by atoms with Crippen LogP contribution in [0.25, 0.3) is 11.1 Å². The molecular formula is C26H35ClN2O7. The van der Waals surface area contributed by atoms with Crippen LogP contribution in [0.5, 0.6) is 0 Å². The van der Waals surface area contributed by atoms with E-state index in [1.807, 2.05) is 12.1 Å². The van der Waals surface area contributed by atoms with Gasteiger partial charge in [0, 0.05) is 25.7 Å². The van der Waals surface area contributed by atoms with E-state index in [9.17, 15) is 19.8 Å². The van der Waals surface area contributed by atoms with Gasteiger partial charge in [-0.05, 0) is 24.6 Å². The van der Waals surface area contributed by atoms with Crippen LogP contribution >= 0.6 is 11.6 Å². The summed E-state index contributed by atoms with van der Waals surface area (Å²) >= 11 is 6.66. The van der Waals surface area contributed by atoms with Gasteiger partial charge < -0.3 is 29.4 Å². The second-order valence-electron chi connectivity index (χ2n) is 10.6. The highest BCUT2D eigenvalue weighted by Gasteiger charge is 2.55. The van der Waals surface area contributed by atoms with E-state index in [0.29, 0.717) is 29.8 Å². The number of fused-ring (bicyclic) bond motifs is 2. The molecule has 198 valence electrons. The van der Waals surface area contributed by atoms with Gasteiger partial charge in [0.15, 0.2) is 16.5 Å². The van der Waals surface area contributed by atoms with Crippen molar-refractivity contribution in [1.29, 1.82) is 0 Å². The molecule has 1 amide bonds. The number of ether oxygens (including phenoxy) is 2. The number of nitrogens with zero attached hydrogens (tertiary/aromatic N) is 1. The molecule has 2 fully saturated rings. The Kier molecular flexibility index (Phi) is 7.52. The maximum atomic E-state index is 13.2. The summed E-state index contributed by atoms with van der Waals surface area (Å²) in [5.74, 6) is -1.03. The number of rotatable bonds is 1. The number of oxazole rings is 1. The van der Waals surface area contributed by atoms with Gasteiger partial charge in [-0.3, -0.25) is 9.59 Å². The highest BCUT2D eigenvalue weighted by atomic mass is 35.5. The fourth-order valence-corrected chi connectivity index (χ4v) is 5.17. The Morgan fingerprint density at radius 2 is 1.92 bits per heavy atom. The number of carbonyl (C=O) groups is 2. The molecule has 3 heterocycles. The van der Waals surface area contributed by atoms with E-state index in [0.717, 1.165) is 5.56 Å². The van der Waals surface area contributed by atoms with Gasteiger partial charge in [-0.1, -0.05) is 38.4 Å². The number of ketones is 1. The molecule has 0 spiro atoms. The van der Waals surface area contributed by atoms with Crippen molar-refractivity contribution in [2.24, 2.45) is 11.3 Å². The molecule has 0 radical (unpaired) electrons. The minimum Gasteiger partial charge on any atom is -0.441 e. The van der Waals surface area contributed by atoms with Crippen molar-refractivity contribution in [3.05, 3.63) is 29.7 Å². The molecule has 2 aliphatic heterocycles. The van der Waals surface area contributed by atoms with Crippen molar-refractivity contribution >= 4 is 34.4 Å². The number of alkyl halides is 1. The van der Waals surface area contributed by atoms with E-state index < -0.39 is 46.7 Å². The average Bonchev–Trinajstić information content (AvgIpc) is 3.28. The van der Waals surface area contributed by atoms with Gasteiger partial charge in [-0.25, -0.2) is 4.98 Å². The molecule has 3 N–H and O–H groups in total. The number of aromatic nitrogens is 1. The average molecular weight is 523 g/mol. The van der Waals surface area contributed by atoms with Gasteiger partial charge >= 0.3 is 0 Å². The smallest absolute Gasteiger partial charge is 0.223 e. The van der Waals surface area contributed by atoms with Crippen molar-refractivity contribution in [3.63, 3.8) is 0 Å². The number of benzene rings is 1. The third kappa shape index (κ3) is 5.45. The molecule has 7 atom stereocenters. The number of epoxide rings is 1. The van der Waals surface area contributed by atoms with Crippen LogP contribution in [0.15, 0.2) is 22.6 Å². The molecule has 0 saturated carbocycles. The zero-order chi connectivity index (χ0) is 26.4. The number of hydrogen-bond donors (Lipinski definition) is 3. The Balaban J connectivity index is 1.61. The van der Waals surface area contributed by atoms with Crippen molar-refractivity contribution in [2.45, 2.75) is 89.4 Å². The van der Waals surface area contributed by atoms with Gasteiger partial charge in [0.05, 0.1) is 42.8 Å². The lowest BCUT2D eigenvalue weighted by atomic mass is 9.74. The van der Waals surface area contributed by atoms with Crippen LogP contribution in [-0.4, -0.2) is 63.0 Å². The first-order valence-electron chi connectivity index (χ1n) is 12.4. The van der Waals surface area contributed by atoms with E-state index >= 15 is 0 Å².